The first-order chi connectivity index (χ1) is 10.6. The van der Waals surface area contributed by atoms with E-state index in [2.05, 4.69) is 39.4 Å². The van der Waals surface area contributed by atoms with Crippen LogP contribution in [0, 0.1) is 0 Å². The smallest absolute Gasteiger partial charge is 0.228 e. The summed E-state index contributed by atoms with van der Waals surface area (Å²) in [6.45, 7) is 2.04. The van der Waals surface area contributed by atoms with Gasteiger partial charge in [0.2, 0.25) is 5.91 Å². The van der Waals surface area contributed by atoms with Crippen LogP contribution in [-0.4, -0.2) is 5.91 Å². The molecule has 1 amide bonds. The fraction of sp³-hybridized carbons (Fsp3) is 0.316. The minimum Gasteiger partial charge on any atom is -0.349 e. The van der Waals surface area contributed by atoms with Crippen molar-refractivity contribution >= 4 is 21.8 Å². The number of hydrogen-bond donors (Lipinski definition) is 1. The maximum atomic E-state index is 12.7. The summed E-state index contributed by atoms with van der Waals surface area (Å²) in [7, 11) is 0. The Morgan fingerprint density at radius 1 is 1.18 bits per heavy atom. The van der Waals surface area contributed by atoms with Crippen LogP contribution in [-0.2, 0) is 11.2 Å². The third-order valence-electron chi connectivity index (χ3n) is 4.41. The standard InChI is InChI=1S/C19H20BrNO/c1-13(14-9-11-16(20)12-10-14)21-19(22)18-8-4-6-15-5-2-3-7-17(15)18/h2-3,5,7,9-13,18H,4,6,8H2,1H3,(H,21,22)/t13-,18+/m1/s1. The summed E-state index contributed by atoms with van der Waals surface area (Å²) in [5, 5.41) is 3.17. The molecule has 114 valence electrons. The molecule has 3 heteroatoms. The van der Waals surface area contributed by atoms with Crippen LogP contribution in [0.3, 0.4) is 0 Å². The third kappa shape index (κ3) is 3.25. The summed E-state index contributed by atoms with van der Waals surface area (Å²) in [6.07, 6.45) is 3.11. The van der Waals surface area contributed by atoms with Crippen molar-refractivity contribution in [3.63, 3.8) is 0 Å². The Morgan fingerprint density at radius 3 is 2.68 bits per heavy atom. The van der Waals surface area contributed by atoms with Crippen molar-refractivity contribution in [2.45, 2.75) is 38.1 Å². The molecule has 0 spiro atoms. The molecule has 2 aromatic rings. The molecule has 1 aliphatic rings. The molecule has 3 rings (SSSR count). The van der Waals surface area contributed by atoms with Crippen LogP contribution >= 0.6 is 15.9 Å². The first-order valence-electron chi connectivity index (χ1n) is 7.79. The van der Waals surface area contributed by atoms with Gasteiger partial charge in [-0.05, 0) is 55.0 Å². The number of fused-ring (bicyclic) bond motifs is 1. The lowest BCUT2D eigenvalue weighted by atomic mass is 9.82. The minimum atomic E-state index is -0.0113. The average molecular weight is 358 g/mol. The van der Waals surface area contributed by atoms with E-state index in [1.54, 1.807) is 0 Å². The topological polar surface area (TPSA) is 29.1 Å². The van der Waals surface area contributed by atoms with Gasteiger partial charge in [0.05, 0.1) is 12.0 Å². The van der Waals surface area contributed by atoms with Crippen molar-refractivity contribution in [1.29, 1.82) is 0 Å². The van der Waals surface area contributed by atoms with E-state index in [9.17, 15) is 4.79 Å². The van der Waals surface area contributed by atoms with E-state index in [0.29, 0.717) is 0 Å². The van der Waals surface area contributed by atoms with E-state index >= 15 is 0 Å². The molecule has 0 unspecified atom stereocenters. The summed E-state index contributed by atoms with van der Waals surface area (Å²) in [6, 6.07) is 16.5. The van der Waals surface area contributed by atoms with Crippen LogP contribution in [0.15, 0.2) is 53.0 Å². The van der Waals surface area contributed by atoms with Crippen molar-refractivity contribution in [2.75, 3.05) is 0 Å². The molecule has 1 aliphatic carbocycles. The second-order valence-electron chi connectivity index (χ2n) is 5.93. The first-order valence-corrected chi connectivity index (χ1v) is 8.58. The Balaban J connectivity index is 1.74. The first kappa shape index (κ1) is 15.3. The fourth-order valence-corrected chi connectivity index (χ4v) is 3.44. The summed E-state index contributed by atoms with van der Waals surface area (Å²) in [5.41, 5.74) is 3.65. The fourth-order valence-electron chi connectivity index (χ4n) is 3.18. The number of hydrogen-bond acceptors (Lipinski definition) is 1. The highest BCUT2D eigenvalue weighted by Gasteiger charge is 2.27. The van der Waals surface area contributed by atoms with Crippen LogP contribution in [0.25, 0.3) is 0 Å². The average Bonchev–Trinajstić information content (AvgIpc) is 2.54. The second-order valence-corrected chi connectivity index (χ2v) is 6.84. The van der Waals surface area contributed by atoms with Gasteiger partial charge < -0.3 is 5.32 Å². The van der Waals surface area contributed by atoms with Crippen molar-refractivity contribution < 1.29 is 4.79 Å². The zero-order valence-electron chi connectivity index (χ0n) is 12.7. The van der Waals surface area contributed by atoms with Crippen LogP contribution in [0.4, 0.5) is 0 Å². The predicted molar refractivity (Wildman–Crippen MR) is 92.8 cm³/mol. The quantitative estimate of drug-likeness (QED) is 0.843. The molecule has 0 saturated carbocycles. The molecular weight excluding hydrogens is 338 g/mol. The molecule has 2 nitrogen and oxygen atoms in total. The van der Waals surface area contributed by atoms with E-state index in [-0.39, 0.29) is 17.9 Å². The van der Waals surface area contributed by atoms with Gasteiger partial charge in [-0.1, -0.05) is 52.3 Å². The molecule has 0 heterocycles. The Bertz CT molecular complexity index is 665. The molecule has 1 N–H and O–H groups in total. The molecule has 0 saturated heterocycles. The van der Waals surface area contributed by atoms with Crippen molar-refractivity contribution in [2.24, 2.45) is 0 Å². The molecule has 22 heavy (non-hydrogen) atoms. The molecule has 0 radical (unpaired) electrons. The van der Waals surface area contributed by atoms with Gasteiger partial charge in [0.25, 0.3) is 0 Å². The molecule has 2 atom stereocenters. The predicted octanol–water partition coefficient (Wildman–Crippen LogP) is 4.75. The lowest BCUT2D eigenvalue weighted by Gasteiger charge is -2.26. The lowest BCUT2D eigenvalue weighted by molar-refractivity contribution is -0.123. The van der Waals surface area contributed by atoms with Crippen LogP contribution in [0.1, 0.15) is 48.4 Å². The van der Waals surface area contributed by atoms with Crippen molar-refractivity contribution in [1.82, 2.24) is 5.32 Å². The third-order valence-corrected chi connectivity index (χ3v) is 4.94. The molecule has 2 aromatic carbocycles. The van der Waals surface area contributed by atoms with Crippen molar-refractivity contribution in [3.05, 3.63) is 69.7 Å². The Morgan fingerprint density at radius 2 is 1.91 bits per heavy atom. The van der Waals surface area contributed by atoms with Crippen LogP contribution in [0.2, 0.25) is 0 Å². The highest BCUT2D eigenvalue weighted by Crippen LogP contribution is 2.32. The minimum absolute atomic E-state index is 0.0113. The normalized spacial score (nSPS) is 18.4. The molecule has 0 bridgehead atoms. The Labute approximate surface area is 140 Å². The van der Waals surface area contributed by atoms with Gasteiger partial charge in [0, 0.05) is 4.47 Å². The van der Waals surface area contributed by atoms with Gasteiger partial charge in [0.1, 0.15) is 0 Å². The number of amides is 1. The summed E-state index contributed by atoms with van der Waals surface area (Å²) in [5.74, 6) is 0.130. The van der Waals surface area contributed by atoms with Gasteiger partial charge in [-0.3, -0.25) is 4.79 Å². The Kier molecular flexibility index (Phi) is 4.63. The number of carbonyl (C=O) groups is 1. The highest BCUT2D eigenvalue weighted by molar-refractivity contribution is 9.10. The van der Waals surface area contributed by atoms with Crippen molar-refractivity contribution in [3.8, 4) is 0 Å². The van der Waals surface area contributed by atoms with E-state index in [4.69, 9.17) is 0 Å². The maximum Gasteiger partial charge on any atom is 0.228 e. The number of halogens is 1. The van der Waals surface area contributed by atoms with Gasteiger partial charge in [-0.15, -0.1) is 0 Å². The summed E-state index contributed by atoms with van der Waals surface area (Å²) < 4.78 is 1.05. The van der Waals surface area contributed by atoms with Crippen LogP contribution < -0.4 is 5.32 Å². The van der Waals surface area contributed by atoms with E-state index in [0.717, 1.165) is 29.3 Å². The van der Waals surface area contributed by atoms with Gasteiger partial charge in [-0.25, -0.2) is 0 Å². The van der Waals surface area contributed by atoms with Gasteiger partial charge in [-0.2, -0.15) is 0 Å². The number of nitrogens with one attached hydrogen (secondary N) is 1. The molecule has 0 fully saturated rings. The number of benzene rings is 2. The number of carbonyl (C=O) groups excluding carboxylic acids is 1. The molecule has 0 aliphatic heterocycles. The summed E-state index contributed by atoms with van der Waals surface area (Å²) in [4.78, 5) is 12.7. The summed E-state index contributed by atoms with van der Waals surface area (Å²) >= 11 is 3.44. The monoisotopic (exact) mass is 357 g/mol. The zero-order chi connectivity index (χ0) is 15.5. The second kappa shape index (κ2) is 6.66. The Hall–Kier alpha value is -1.61. The van der Waals surface area contributed by atoms with Crippen LogP contribution in [0.5, 0.6) is 0 Å². The highest BCUT2D eigenvalue weighted by atomic mass is 79.9. The number of aryl methyl sites for hydroxylation is 1. The number of rotatable bonds is 3. The largest absolute Gasteiger partial charge is 0.349 e. The zero-order valence-corrected chi connectivity index (χ0v) is 14.3. The molecule has 0 aromatic heterocycles. The van der Waals surface area contributed by atoms with E-state index in [1.165, 1.54) is 11.1 Å². The molecular formula is C19H20BrNO. The van der Waals surface area contributed by atoms with Gasteiger partial charge in [0.15, 0.2) is 0 Å². The SMILES string of the molecule is C[C@@H](NC(=O)[C@H]1CCCc2ccccc21)c1ccc(Br)cc1. The van der Waals surface area contributed by atoms with E-state index in [1.807, 2.05) is 37.3 Å². The van der Waals surface area contributed by atoms with E-state index < -0.39 is 0 Å². The maximum absolute atomic E-state index is 12.7. The lowest BCUT2D eigenvalue weighted by Crippen LogP contribution is -2.33. The van der Waals surface area contributed by atoms with Gasteiger partial charge >= 0.3 is 0 Å².